The van der Waals surface area contributed by atoms with Crippen molar-refractivity contribution in [3.63, 3.8) is 0 Å². The number of fused-ring (bicyclic) bond motifs is 1. The monoisotopic (exact) mass is 232 g/mol. The lowest BCUT2D eigenvalue weighted by Gasteiger charge is -2.29. The summed E-state index contributed by atoms with van der Waals surface area (Å²) in [5.41, 5.74) is 10.1. The van der Waals surface area contributed by atoms with E-state index in [9.17, 15) is 0 Å². The Hall–Kier alpha value is -0.860. The van der Waals surface area contributed by atoms with Crippen molar-refractivity contribution in [1.82, 2.24) is 4.90 Å². The second-order valence-electron chi connectivity index (χ2n) is 5.35. The molecule has 1 aliphatic rings. The van der Waals surface area contributed by atoms with E-state index in [0.29, 0.717) is 5.92 Å². The maximum atomic E-state index is 5.58. The minimum atomic E-state index is 0.625. The van der Waals surface area contributed by atoms with E-state index < -0.39 is 0 Å². The van der Waals surface area contributed by atoms with Crippen LogP contribution in [-0.4, -0.2) is 24.5 Å². The Bertz CT molecular complexity index is 371. The van der Waals surface area contributed by atoms with E-state index in [0.717, 1.165) is 26.1 Å². The Labute approximate surface area is 105 Å². The Morgan fingerprint density at radius 1 is 1.29 bits per heavy atom. The average molecular weight is 232 g/mol. The molecule has 0 radical (unpaired) electrons. The second-order valence-corrected chi connectivity index (χ2v) is 5.35. The summed E-state index contributed by atoms with van der Waals surface area (Å²) in [4.78, 5) is 2.53. The lowest BCUT2D eigenvalue weighted by atomic mass is 9.93. The molecular weight excluding hydrogens is 208 g/mol. The van der Waals surface area contributed by atoms with Gasteiger partial charge in [0.15, 0.2) is 0 Å². The molecule has 0 fully saturated rings. The summed E-state index contributed by atoms with van der Waals surface area (Å²) in [5, 5.41) is 0. The second kappa shape index (κ2) is 5.65. The van der Waals surface area contributed by atoms with Crippen molar-refractivity contribution >= 4 is 0 Å². The zero-order chi connectivity index (χ0) is 12.3. The van der Waals surface area contributed by atoms with Gasteiger partial charge in [-0.2, -0.15) is 0 Å². The fraction of sp³-hybridized carbons (Fsp3) is 0.600. The molecule has 2 N–H and O–H groups in total. The third-order valence-electron chi connectivity index (χ3n) is 3.67. The first kappa shape index (κ1) is 12.6. The summed E-state index contributed by atoms with van der Waals surface area (Å²) in [6, 6.07) is 7.01. The van der Waals surface area contributed by atoms with Gasteiger partial charge in [-0.25, -0.2) is 0 Å². The fourth-order valence-corrected chi connectivity index (χ4v) is 2.50. The highest BCUT2D eigenvalue weighted by Gasteiger charge is 2.16. The third kappa shape index (κ3) is 3.08. The summed E-state index contributed by atoms with van der Waals surface area (Å²) in [7, 11) is 0. The Balaban J connectivity index is 2.09. The maximum Gasteiger partial charge on any atom is 0.0236 e. The predicted octanol–water partition coefficient (Wildman–Crippen LogP) is 2.52. The van der Waals surface area contributed by atoms with Crippen LogP contribution in [0.1, 0.15) is 42.9 Å². The highest BCUT2D eigenvalue weighted by Crippen LogP contribution is 2.23. The van der Waals surface area contributed by atoms with E-state index in [1.165, 1.54) is 24.1 Å². The lowest BCUT2D eigenvalue weighted by molar-refractivity contribution is 0.252. The van der Waals surface area contributed by atoms with E-state index >= 15 is 0 Å². The molecule has 1 aromatic carbocycles. The standard InChI is InChI=1S/C15H24N2/c1-12(2)14-5-4-13-6-9-17(8-3-7-16)11-15(13)10-14/h4-5,10,12H,3,6-9,11,16H2,1-2H3. The number of nitrogens with two attached hydrogens (primary N) is 1. The van der Waals surface area contributed by atoms with Gasteiger partial charge in [-0.15, -0.1) is 0 Å². The van der Waals surface area contributed by atoms with Crippen molar-refractivity contribution in [3.05, 3.63) is 34.9 Å². The summed E-state index contributed by atoms with van der Waals surface area (Å²) in [6.45, 7) is 8.76. The topological polar surface area (TPSA) is 29.3 Å². The molecule has 2 nitrogen and oxygen atoms in total. The van der Waals surface area contributed by atoms with Gasteiger partial charge in [-0.1, -0.05) is 32.0 Å². The van der Waals surface area contributed by atoms with Gasteiger partial charge in [-0.05, 0) is 48.5 Å². The molecule has 0 bridgehead atoms. The van der Waals surface area contributed by atoms with Crippen LogP contribution in [0.15, 0.2) is 18.2 Å². The molecule has 0 aromatic heterocycles. The van der Waals surface area contributed by atoms with Crippen molar-refractivity contribution in [2.75, 3.05) is 19.6 Å². The van der Waals surface area contributed by atoms with Gasteiger partial charge in [-0.3, -0.25) is 4.90 Å². The van der Waals surface area contributed by atoms with Gasteiger partial charge in [0.25, 0.3) is 0 Å². The average Bonchev–Trinajstić information content (AvgIpc) is 2.35. The van der Waals surface area contributed by atoms with Crippen LogP contribution in [0.3, 0.4) is 0 Å². The van der Waals surface area contributed by atoms with E-state index in [2.05, 4.69) is 36.9 Å². The summed E-state index contributed by atoms with van der Waals surface area (Å²) in [5.74, 6) is 0.625. The molecule has 0 saturated carbocycles. The van der Waals surface area contributed by atoms with Gasteiger partial charge in [0.1, 0.15) is 0 Å². The molecular formula is C15H24N2. The predicted molar refractivity (Wildman–Crippen MR) is 73.2 cm³/mol. The van der Waals surface area contributed by atoms with Crippen LogP contribution in [0, 0.1) is 0 Å². The lowest BCUT2D eigenvalue weighted by Crippen LogP contribution is -2.32. The summed E-state index contributed by atoms with van der Waals surface area (Å²) >= 11 is 0. The molecule has 1 aliphatic heterocycles. The number of benzene rings is 1. The van der Waals surface area contributed by atoms with Gasteiger partial charge in [0, 0.05) is 13.1 Å². The minimum Gasteiger partial charge on any atom is -0.330 e. The molecule has 1 heterocycles. The Kier molecular flexibility index (Phi) is 4.19. The smallest absolute Gasteiger partial charge is 0.0236 e. The fourth-order valence-electron chi connectivity index (χ4n) is 2.50. The maximum absolute atomic E-state index is 5.58. The largest absolute Gasteiger partial charge is 0.330 e. The molecule has 0 aliphatic carbocycles. The summed E-state index contributed by atoms with van der Waals surface area (Å²) < 4.78 is 0. The van der Waals surface area contributed by atoms with Gasteiger partial charge >= 0.3 is 0 Å². The van der Waals surface area contributed by atoms with E-state index in [-0.39, 0.29) is 0 Å². The SMILES string of the molecule is CC(C)c1ccc2c(c1)CN(CCCN)CC2. The van der Waals surface area contributed by atoms with Crippen LogP contribution < -0.4 is 5.73 Å². The number of hydrogen-bond donors (Lipinski definition) is 1. The van der Waals surface area contributed by atoms with Gasteiger partial charge in [0.2, 0.25) is 0 Å². The molecule has 17 heavy (non-hydrogen) atoms. The van der Waals surface area contributed by atoms with E-state index in [1.807, 2.05) is 0 Å². The first-order chi connectivity index (χ1) is 8.20. The molecule has 1 aromatic rings. The van der Waals surface area contributed by atoms with Crippen LogP contribution in [-0.2, 0) is 13.0 Å². The Morgan fingerprint density at radius 2 is 2.12 bits per heavy atom. The molecule has 0 unspecified atom stereocenters. The molecule has 94 valence electrons. The van der Waals surface area contributed by atoms with Crippen LogP contribution in [0.4, 0.5) is 0 Å². The first-order valence-electron chi connectivity index (χ1n) is 6.75. The molecule has 0 saturated heterocycles. The zero-order valence-corrected chi connectivity index (χ0v) is 11.1. The van der Waals surface area contributed by atoms with Crippen molar-refractivity contribution in [2.24, 2.45) is 5.73 Å². The van der Waals surface area contributed by atoms with Crippen LogP contribution in [0.2, 0.25) is 0 Å². The summed E-state index contributed by atoms with van der Waals surface area (Å²) in [6.07, 6.45) is 2.30. The first-order valence-corrected chi connectivity index (χ1v) is 6.75. The van der Waals surface area contributed by atoms with Crippen LogP contribution >= 0.6 is 0 Å². The molecule has 2 heteroatoms. The van der Waals surface area contributed by atoms with Gasteiger partial charge < -0.3 is 5.73 Å². The zero-order valence-electron chi connectivity index (χ0n) is 11.1. The van der Waals surface area contributed by atoms with Crippen molar-refractivity contribution in [1.29, 1.82) is 0 Å². The third-order valence-corrected chi connectivity index (χ3v) is 3.67. The number of hydrogen-bond acceptors (Lipinski definition) is 2. The van der Waals surface area contributed by atoms with E-state index in [4.69, 9.17) is 5.73 Å². The number of rotatable bonds is 4. The quantitative estimate of drug-likeness (QED) is 0.864. The van der Waals surface area contributed by atoms with Gasteiger partial charge in [0.05, 0.1) is 0 Å². The highest BCUT2D eigenvalue weighted by molar-refractivity contribution is 5.35. The number of nitrogens with zero attached hydrogens (tertiary/aromatic N) is 1. The van der Waals surface area contributed by atoms with Crippen molar-refractivity contribution in [3.8, 4) is 0 Å². The minimum absolute atomic E-state index is 0.625. The van der Waals surface area contributed by atoms with Crippen molar-refractivity contribution < 1.29 is 0 Å². The normalized spacial score (nSPS) is 16.2. The highest BCUT2D eigenvalue weighted by atomic mass is 15.1. The van der Waals surface area contributed by atoms with Crippen LogP contribution in [0.5, 0.6) is 0 Å². The van der Waals surface area contributed by atoms with Crippen LogP contribution in [0.25, 0.3) is 0 Å². The molecule has 0 amide bonds. The molecule has 0 spiro atoms. The van der Waals surface area contributed by atoms with E-state index in [1.54, 1.807) is 5.56 Å². The molecule has 0 atom stereocenters. The molecule has 2 rings (SSSR count). The van der Waals surface area contributed by atoms with Crippen molar-refractivity contribution in [2.45, 2.75) is 39.2 Å². The Morgan fingerprint density at radius 3 is 2.82 bits per heavy atom.